The molecule has 100 heavy (non-hydrogen) atoms. The van der Waals surface area contributed by atoms with E-state index in [0.717, 1.165) is 173 Å². The Morgan fingerprint density at radius 3 is 0.830 bits per heavy atom. The van der Waals surface area contributed by atoms with Crippen LogP contribution in [0.3, 0.4) is 0 Å². The van der Waals surface area contributed by atoms with Crippen molar-refractivity contribution in [2.45, 2.75) is 290 Å². The summed E-state index contributed by atoms with van der Waals surface area (Å²) < 4.78 is 68.3. The lowest BCUT2D eigenvalue weighted by Crippen LogP contribution is -2.30. The summed E-state index contributed by atoms with van der Waals surface area (Å²) in [6.45, 7) is 4.34. The predicted molar refractivity (Wildman–Crippen MR) is 408 cm³/mol. The van der Waals surface area contributed by atoms with Crippen molar-refractivity contribution in [3.63, 3.8) is 0 Å². The molecule has 0 aliphatic carbocycles. The molecule has 17 nitrogen and oxygen atoms in total. The highest BCUT2D eigenvalue weighted by molar-refractivity contribution is 7.47. The summed E-state index contributed by atoms with van der Waals surface area (Å²) >= 11 is 0. The summed E-state index contributed by atoms with van der Waals surface area (Å²) in [7, 11) is -9.99. The zero-order valence-corrected chi connectivity index (χ0v) is 63.6. The SMILES string of the molecule is CC/C=C\C/C=C\C/C=C\C/C=C\CCCCCCCCC(=O)OCC(COP(=O)(O)OCC(O)COP(=O)(O)OCC(COC(=O)CCCC/C=C\C/C=C\C/C=C\C/C=C\CC)OC(=O)CCCC/C=C\C/C=C\C/C=C\C/C=C\CC)OC(=O)CCCCCCC/C=C\CCCC. The van der Waals surface area contributed by atoms with Crippen LogP contribution in [0.25, 0.3) is 0 Å². The van der Waals surface area contributed by atoms with Crippen LogP contribution < -0.4 is 0 Å². The highest BCUT2D eigenvalue weighted by Crippen LogP contribution is 2.45. The summed E-state index contributed by atoms with van der Waals surface area (Å²) in [5.41, 5.74) is 0. The lowest BCUT2D eigenvalue weighted by molar-refractivity contribution is -0.161. The van der Waals surface area contributed by atoms with Gasteiger partial charge in [-0.05, 0) is 161 Å². The zero-order chi connectivity index (χ0) is 73.2. The molecule has 0 aliphatic rings. The Morgan fingerprint density at radius 2 is 0.520 bits per heavy atom. The molecule has 0 fully saturated rings. The number of aliphatic hydroxyl groups excluding tert-OH is 1. The molecular formula is C81H132O17P2. The first kappa shape index (κ1) is 94.7. The second kappa shape index (κ2) is 72.0. The second-order valence-electron chi connectivity index (χ2n) is 24.4. The van der Waals surface area contributed by atoms with Crippen molar-refractivity contribution < 1.29 is 80.2 Å². The minimum absolute atomic E-state index is 0.0281. The molecular weight excluding hydrogens is 1310 g/mol. The van der Waals surface area contributed by atoms with Gasteiger partial charge in [0.05, 0.1) is 26.4 Å². The lowest BCUT2D eigenvalue weighted by atomic mass is 10.1. The smallest absolute Gasteiger partial charge is 0.462 e. The topological polar surface area (TPSA) is 237 Å². The molecule has 568 valence electrons. The van der Waals surface area contributed by atoms with Gasteiger partial charge in [-0.25, -0.2) is 9.13 Å². The molecule has 0 aromatic carbocycles. The molecule has 5 atom stereocenters. The first-order valence-corrected chi connectivity index (χ1v) is 40.7. The molecule has 3 N–H and O–H groups in total. The van der Waals surface area contributed by atoms with Crippen LogP contribution in [0.5, 0.6) is 0 Å². The molecule has 0 heterocycles. The molecule has 0 rings (SSSR count). The quantitative estimate of drug-likeness (QED) is 0.0169. The van der Waals surface area contributed by atoms with E-state index in [9.17, 15) is 43.2 Å². The van der Waals surface area contributed by atoms with Gasteiger partial charge in [0.1, 0.15) is 19.3 Å². The Balaban J connectivity index is 5.41. The molecule has 5 unspecified atom stereocenters. The van der Waals surface area contributed by atoms with Crippen LogP contribution in [-0.4, -0.2) is 96.7 Å². The summed E-state index contributed by atoms with van der Waals surface area (Å²) in [5, 5.41) is 10.6. The van der Waals surface area contributed by atoms with Crippen molar-refractivity contribution in [1.29, 1.82) is 0 Å². The number of carbonyl (C=O) groups is 4. The number of carbonyl (C=O) groups excluding carboxylic acids is 4. The van der Waals surface area contributed by atoms with Gasteiger partial charge in [-0.2, -0.15) is 0 Å². The van der Waals surface area contributed by atoms with Crippen molar-refractivity contribution in [2.24, 2.45) is 0 Å². The van der Waals surface area contributed by atoms with E-state index < -0.39 is 97.5 Å². The maximum absolute atomic E-state index is 13.1. The number of phosphoric acid groups is 2. The third kappa shape index (κ3) is 71.1. The van der Waals surface area contributed by atoms with Crippen LogP contribution in [0, 0.1) is 0 Å². The number of ether oxygens (including phenoxy) is 4. The maximum Gasteiger partial charge on any atom is 0.472 e. The van der Waals surface area contributed by atoms with E-state index >= 15 is 0 Å². The number of rotatable bonds is 69. The van der Waals surface area contributed by atoms with Crippen LogP contribution in [0.2, 0.25) is 0 Å². The van der Waals surface area contributed by atoms with Gasteiger partial charge in [-0.1, -0.05) is 243 Å². The van der Waals surface area contributed by atoms with Gasteiger partial charge in [0, 0.05) is 25.7 Å². The summed E-state index contributed by atoms with van der Waals surface area (Å²) in [6, 6.07) is 0. The maximum atomic E-state index is 13.1. The van der Waals surface area contributed by atoms with E-state index in [0.29, 0.717) is 32.1 Å². The molecule has 0 bridgehead atoms. The van der Waals surface area contributed by atoms with E-state index in [2.05, 4.69) is 186 Å². The summed E-state index contributed by atoms with van der Waals surface area (Å²) in [4.78, 5) is 72.8. The van der Waals surface area contributed by atoms with E-state index in [-0.39, 0.29) is 25.7 Å². The number of hydrogen-bond acceptors (Lipinski definition) is 15. The normalized spacial score (nSPS) is 14.8. The lowest BCUT2D eigenvalue weighted by Gasteiger charge is -2.21. The Labute approximate surface area is 604 Å². The van der Waals surface area contributed by atoms with Gasteiger partial charge in [0.25, 0.3) is 0 Å². The van der Waals surface area contributed by atoms with Crippen molar-refractivity contribution in [3.05, 3.63) is 158 Å². The van der Waals surface area contributed by atoms with Crippen molar-refractivity contribution in [1.82, 2.24) is 0 Å². The van der Waals surface area contributed by atoms with E-state index in [4.69, 9.17) is 37.0 Å². The van der Waals surface area contributed by atoms with Gasteiger partial charge in [0.15, 0.2) is 12.2 Å². The predicted octanol–water partition coefficient (Wildman–Crippen LogP) is 21.7. The fourth-order valence-corrected chi connectivity index (χ4v) is 10.9. The largest absolute Gasteiger partial charge is 0.472 e. The standard InChI is InChI=1S/C81H132O17P2/c1-5-9-13-17-21-25-29-32-35-36-37-38-41-43-47-50-54-58-62-66-79(84)91-71-76(97-80(85)67-63-59-55-51-45-28-24-20-16-12-8-4)73-95-99(87,88)93-69-75(82)70-94-100(89,90)96-74-77(98-81(86)68-64-60-56-52-48-44-40-34-31-27-23-19-15-11-7-3)72-92-78(83)65-61-57-53-49-46-42-39-33-30-26-22-18-14-10-6-2/h9-11,13-15,20-27,32-35,37-40,46,48-49,52,75-77,82H,5-8,12,16-19,28-31,36,41-45,47,50-51,53-74H2,1-4H3,(H,87,88)(H,89,90)/b13-9-,14-10-,15-11-,24-20-,25-21-,26-22-,27-23-,35-32-,38-37-,39-33-,40-34-,49-46-,52-48-. The molecule has 0 amide bonds. The van der Waals surface area contributed by atoms with E-state index in [1.807, 2.05) is 0 Å². The molecule has 0 aliphatic heterocycles. The van der Waals surface area contributed by atoms with Crippen LogP contribution >= 0.6 is 15.6 Å². The molecule has 19 heteroatoms. The monoisotopic (exact) mass is 1440 g/mol. The molecule has 0 saturated heterocycles. The summed E-state index contributed by atoms with van der Waals surface area (Å²) in [6.07, 6.45) is 82.5. The number of phosphoric ester groups is 2. The molecule has 0 saturated carbocycles. The van der Waals surface area contributed by atoms with Crippen molar-refractivity contribution >= 4 is 39.5 Å². The highest BCUT2D eigenvalue weighted by atomic mass is 31.2. The van der Waals surface area contributed by atoms with Crippen LogP contribution in [0.4, 0.5) is 0 Å². The van der Waals surface area contributed by atoms with Crippen LogP contribution in [-0.2, 0) is 65.4 Å². The molecule has 0 aromatic rings. The first-order valence-electron chi connectivity index (χ1n) is 37.7. The minimum atomic E-state index is -5.00. The third-order valence-corrected chi connectivity index (χ3v) is 16.9. The Kier molecular flexibility index (Phi) is 68.2. The van der Waals surface area contributed by atoms with Crippen LogP contribution in [0.1, 0.15) is 272 Å². The molecule has 0 aromatic heterocycles. The Bertz CT molecular complexity index is 2520. The number of aliphatic hydroxyl groups is 1. The van der Waals surface area contributed by atoms with Gasteiger partial charge in [-0.15, -0.1) is 0 Å². The van der Waals surface area contributed by atoms with Gasteiger partial charge >= 0.3 is 39.5 Å². The summed E-state index contributed by atoms with van der Waals surface area (Å²) in [5.74, 6) is -2.31. The van der Waals surface area contributed by atoms with Crippen LogP contribution in [0.15, 0.2) is 158 Å². The first-order chi connectivity index (χ1) is 48.7. The average Bonchev–Trinajstić information content (AvgIpc) is 0.953. The second-order valence-corrected chi connectivity index (χ2v) is 27.3. The van der Waals surface area contributed by atoms with Gasteiger partial charge in [-0.3, -0.25) is 37.3 Å². The van der Waals surface area contributed by atoms with E-state index in [1.54, 1.807) is 0 Å². The number of esters is 4. The minimum Gasteiger partial charge on any atom is -0.462 e. The third-order valence-electron chi connectivity index (χ3n) is 15.0. The highest BCUT2D eigenvalue weighted by Gasteiger charge is 2.30. The Hall–Kier alpha value is -5.32. The molecule has 0 spiro atoms. The zero-order valence-electron chi connectivity index (χ0n) is 61.8. The number of unbranched alkanes of at least 4 members (excludes halogenated alkanes) is 17. The van der Waals surface area contributed by atoms with Crippen molar-refractivity contribution in [3.8, 4) is 0 Å². The average molecular weight is 1440 g/mol. The number of hydrogen-bond donors (Lipinski definition) is 3. The van der Waals surface area contributed by atoms with Gasteiger partial charge in [0.2, 0.25) is 0 Å². The van der Waals surface area contributed by atoms with Crippen molar-refractivity contribution in [2.75, 3.05) is 39.6 Å². The Morgan fingerprint density at radius 1 is 0.290 bits per heavy atom. The fraction of sp³-hybridized carbons (Fsp3) is 0.630. The fourth-order valence-electron chi connectivity index (χ4n) is 9.29. The molecule has 0 radical (unpaired) electrons. The van der Waals surface area contributed by atoms with E-state index in [1.165, 1.54) is 12.8 Å². The number of allylic oxidation sites excluding steroid dienone is 26. The van der Waals surface area contributed by atoms with Gasteiger partial charge < -0.3 is 33.8 Å².